The van der Waals surface area contributed by atoms with Crippen molar-refractivity contribution < 1.29 is 22.8 Å². The molecule has 122 valence electrons. The lowest BCUT2D eigenvalue weighted by molar-refractivity contribution is -0.137. The molecular weight excluding hydrogens is 331 g/mol. The normalized spacial score (nSPS) is 32.8. The topological polar surface area (TPSA) is 37.4 Å². The molecule has 3 aliphatic rings. The van der Waals surface area contributed by atoms with Crippen LogP contribution >= 0.6 is 11.6 Å². The van der Waals surface area contributed by atoms with Crippen LogP contribution in [0.15, 0.2) is 18.2 Å². The van der Waals surface area contributed by atoms with Gasteiger partial charge in [-0.2, -0.15) is 13.2 Å². The third-order valence-corrected chi connectivity index (χ3v) is 5.76. The number of amides is 2. The second kappa shape index (κ2) is 4.72. The van der Waals surface area contributed by atoms with Crippen molar-refractivity contribution in [3.05, 3.63) is 28.8 Å². The molecule has 1 aromatic rings. The van der Waals surface area contributed by atoms with E-state index in [-0.39, 0.29) is 34.4 Å². The molecule has 1 aliphatic heterocycles. The number of anilines is 1. The molecule has 4 rings (SSSR count). The highest BCUT2D eigenvalue weighted by molar-refractivity contribution is 6.36. The van der Waals surface area contributed by atoms with Crippen LogP contribution in [0.4, 0.5) is 18.9 Å². The van der Waals surface area contributed by atoms with Gasteiger partial charge in [-0.25, -0.2) is 4.90 Å². The quantitative estimate of drug-likeness (QED) is 0.725. The fraction of sp³-hybridized carbons (Fsp3) is 0.500. The first-order valence-electron chi connectivity index (χ1n) is 7.53. The van der Waals surface area contributed by atoms with Crippen molar-refractivity contribution in [2.24, 2.45) is 23.7 Å². The first kappa shape index (κ1) is 15.0. The predicted octanol–water partition coefficient (Wildman–Crippen LogP) is 3.89. The monoisotopic (exact) mass is 343 g/mol. The van der Waals surface area contributed by atoms with Crippen LogP contribution in [0, 0.1) is 23.7 Å². The van der Waals surface area contributed by atoms with E-state index < -0.39 is 23.6 Å². The number of imide groups is 1. The van der Waals surface area contributed by atoms with Gasteiger partial charge in [0.15, 0.2) is 0 Å². The fourth-order valence-electron chi connectivity index (χ4n) is 4.51. The molecule has 2 amide bonds. The summed E-state index contributed by atoms with van der Waals surface area (Å²) in [6.07, 6.45) is -1.86. The number of hydrogen-bond acceptors (Lipinski definition) is 2. The van der Waals surface area contributed by atoms with Gasteiger partial charge in [0.1, 0.15) is 0 Å². The van der Waals surface area contributed by atoms with E-state index in [0.717, 1.165) is 42.4 Å². The summed E-state index contributed by atoms with van der Waals surface area (Å²) in [5, 5.41) is -0.0213. The predicted molar refractivity (Wildman–Crippen MR) is 76.8 cm³/mol. The summed E-state index contributed by atoms with van der Waals surface area (Å²) in [5.41, 5.74) is -1.07. The van der Waals surface area contributed by atoms with Gasteiger partial charge in [-0.1, -0.05) is 11.6 Å². The van der Waals surface area contributed by atoms with Gasteiger partial charge >= 0.3 is 6.18 Å². The van der Waals surface area contributed by atoms with Crippen molar-refractivity contribution in [3.8, 4) is 0 Å². The Morgan fingerprint density at radius 2 is 1.61 bits per heavy atom. The third kappa shape index (κ3) is 2.04. The van der Waals surface area contributed by atoms with Crippen molar-refractivity contribution in [2.75, 3.05) is 4.90 Å². The van der Waals surface area contributed by atoms with E-state index in [1.54, 1.807) is 0 Å². The molecule has 2 saturated carbocycles. The minimum atomic E-state index is -4.56. The minimum absolute atomic E-state index is 0.0213. The van der Waals surface area contributed by atoms with Crippen molar-refractivity contribution in [3.63, 3.8) is 0 Å². The van der Waals surface area contributed by atoms with E-state index in [0.29, 0.717) is 0 Å². The average molecular weight is 344 g/mol. The smallest absolute Gasteiger partial charge is 0.274 e. The van der Waals surface area contributed by atoms with E-state index in [4.69, 9.17) is 11.6 Å². The zero-order valence-corrected chi connectivity index (χ0v) is 12.7. The highest BCUT2D eigenvalue weighted by Gasteiger charge is 2.61. The number of benzene rings is 1. The van der Waals surface area contributed by atoms with Crippen LogP contribution < -0.4 is 4.90 Å². The first-order valence-corrected chi connectivity index (χ1v) is 7.91. The van der Waals surface area contributed by atoms with Crippen LogP contribution in [0.2, 0.25) is 5.02 Å². The molecule has 0 unspecified atom stereocenters. The second-order valence-corrected chi connectivity index (χ2v) is 6.97. The minimum Gasteiger partial charge on any atom is -0.274 e. The number of nitrogens with zero attached hydrogens (tertiary/aromatic N) is 1. The number of alkyl halides is 3. The van der Waals surface area contributed by atoms with Crippen molar-refractivity contribution in [2.45, 2.75) is 25.4 Å². The molecule has 0 spiro atoms. The van der Waals surface area contributed by atoms with Crippen LogP contribution in [-0.4, -0.2) is 11.8 Å². The molecule has 0 radical (unpaired) electrons. The SMILES string of the molecule is O=C1[C@@H]2[C@@H]3CC[C@@H](C3)[C@@H]2C(=O)N1c1cc(C(F)(F)F)ccc1Cl. The highest BCUT2D eigenvalue weighted by Crippen LogP contribution is 2.57. The van der Waals surface area contributed by atoms with E-state index in [1.807, 2.05) is 0 Å². The summed E-state index contributed by atoms with van der Waals surface area (Å²) in [7, 11) is 0. The van der Waals surface area contributed by atoms with Crippen LogP contribution in [0.3, 0.4) is 0 Å². The molecule has 4 atom stereocenters. The van der Waals surface area contributed by atoms with Crippen molar-refractivity contribution in [1.29, 1.82) is 0 Å². The fourth-order valence-corrected chi connectivity index (χ4v) is 4.71. The summed E-state index contributed by atoms with van der Waals surface area (Å²) >= 11 is 5.99. The lowest BCUT2D eigenvalue weighted by Crippen LogP contribution is -2.33. The second-order valence-electron chi connectivity index (χ2n) is 6.56. The summed E-state index contributed by atoms with van der Waals surface area (Å²) in [4.78, 5) is 26.2. The Morgan fingerprint density at radius 3 is 2.13 bits per heavy atom. The standard InChI is InChI=1S/C16H13ClF3NO2/c17-10-4-3-9(16(18,19)20)6-11(10)21-14(22)12-7-1-2-8(5-7)13(12)15(21)23/h3-4,6-8,12-13H,1-2,5H2/t7-,8+,12-,13+. The zero-order valence-electron chi connectivity index (χ0n) is 11.9. The van der Waals surface area contributed by atoms with Gasteiger partial charge in [0.05, 0.1) is 28.1 Å². The molecule has 23 heavy (non-hydrogen) atoms. The lowest BCUT2D eigenvalue weighted by atomic mass is 9.81. The van der Waals surface area contributed by atoms with Crippen LogP contribution in [-0.2, 0) is 15.8 Å². The number of carbonyl (C=O) groups is 2. The summed E-state index contributed by atoms with van der Waals surface area (Å²) in [5.74, 6) is -1.20. The van der Waals surface area contributed by atoms with Gasteiger partial charge in [-0.3, -0.25) is 9.59 Å². The molecule has 3 nitrogen and oxygen atoms in total. The molecule has 2 bridgehead atoms. The van der Waals surface area contributed by atoms with Gasteiger partial charge in [0.25, 0.3) is 0 Å². The largest absolute Gasteiger partial charge is 0.416 e. The molecule has 2 aliphatic carbocycles. The van der Waals surface area contributed by atoms with Gasteiger partial charge in [-0.15, -0.1) is 0 Å². The maximum Gasteiger partial charge on any atom is 0.416 e. The Morgan fingerprint density at radius 1 is 1.04 bits per heavy atom. The number of carbonyl (C=O) groups excluding carboxylic acids is 2. The molecule has 1 aromatic carbocycles. The number of fused-ring (bicyclic) bond motifs is 5. The van der Waals surface area contributed by atoms with Gasteiger partial charge in [-0.05, 0) is 49.3 Å². The highest BCUT2D eigenvalue weighted by atomic mass is 35.5. The Labute approximate surface area is 135 Å². The van der Waals surface area contributed by atoms with Gasteiger partial charge in [0.2, 0.25) is 11.8 Å². The average Bonchev–Trinajstić information content (AvgIpc) is 3.13. The number of hydrogen-bond donors (Lipinski definition) is 0. The molecule has 7 heteroatoms. The molecule has 1 saturated heterocycles. The molecule has 0 N–H and O–H groups in total. The van der Waals surface area contributed by atoms with Crippen molar-refractivity contribution in [1.82, 2.24) is 0 Å². The van der Waals surface area contributed by atoms with Crippen LogP contribution in [0.5, 0.6) is 0 Å². The summed E-state index contributed by atoms with van der Waals surface area (Å²) in [6.45, 7) is 0. The maximum absolute atomic E-state index is 12.9. The Balaban J connectivity index is 1.77. The van der Waals surface area contributed by atoms with E-state index in [1.165, 1.54) is 0 Å². The first-order chi connectivity index (χ1) is 10.8. The van der Waals surface area contributed by atoms with Crippen LogP contribution in [0.25, 0.3) is 0 Å². The maximum atomic E-state index is 12.9. The molecule has 0 aromatic heterocycles. The Hall–Kier alpha value is -1.56. The van der Waals surface area contributed by atoms with Crippen molar-refractivity contribution >= 4 is 29.1 Å². The number of rotatable bonds is 1. The van der Waals surface area contributed by atoms with Crippen LogP contribution in [0.1, 0.15) is 24.8 Å². The number of halogens is 4. The van der Waals surface area contributed by atoms with E-state index >= 15 is 0 Å². The van der Waals surface area contributed by atoms with Gasteiger partial charge < -0.3 is 0 Å². The van der Waals surface area contributed by atoms with E-state index in [9.17, 15) is 22.8 Å². The zero-order chi connectivity index (χ0) is 16.5. The summed E-state index contributed by atoms with van der Waals surface area (Å²) < 4.78 is 38.7. The Bertz CT molecular complexity index is 690. The molecule has 1 heterocycles. The van der Waals surface area contributed by atoms with E-state index in [2.05, 4.69) is 0 Å². The van der Waals surface area contributed by atoms with Gasteiger partial charge in [0, 0.05) is 0 Å². The molecule has 3 fully saturated rings. The Kier molecular flexibility index (Phi) is 3.08. The molecular formula is C16H13ClF3NO2. The third-order valence-electron chi connectivity index (χ3n) is 5.44. The summed E-state index contributed by atoms with van der Waals surface area (Å²) in [6, 6.07) is 2.73. The lowest BCUT2D eigenvalue weighted by Gasteiger charge is -2.20.